The van der Waals surface area contributed by atoms with E-state index in [0.717, 1.165) is 12.1 Å². The number of aryl methyl sites for hydroxylation is 1. The Morgan fingerprint density at radius 1 is 1.16 bits per heavy atom. The van der Waals surface area contributed by atoms with Gasteiger partial charge in [0.1, 0.15) is 5.82 Å². The Balaban J connectivity index is 2.28. The van der Waals surface area contributed by atoms with Crippen LogP contribution in [-0.2, 0) is 6.18 Å². The molecule has 0 bridgehead atoms. The zero-order valence-electron chi connectivity index (χ0n) is 9.66. The van der Waals surface area contributed by atoms with Crippen LogP contribution in [0.15, 0.2) is 24.3 Å². The van der Waals surface area contributed by atoms with E-state index in [1.807, 2.05) is 0 Å². The highest BCUT2D eigenvalue weighted by molar-refractivity contribution is 6.28. The SMILES string of the molecule is Cc1nc(Cl)nc(Nc2cccc(C(F)(F)F)c2)n1. The van der Waals surface area contributed by atoms with Crippen molar-refractivity contribution in [3.8, 4) is 0 Å². The van der Waals surface area contributed by atoms with Gasteiger partial charge in [-0.2, -0.15) is 23.1 Å². The van der Waals surface area contributed by atoms with Crippen molar-refractivity contribution in [2.75, 3.05) is 5.32 Å². The lowest BCUT2D eigenvalue weighted by Crippen LogP contribution is -2.06. The fraction of sp³-hybridized carbons (Fsp3) is 0.182. The molecule has 0 saturated heterocycles. The van der Waals surface area contributed by atoms with E-state index in [-0.39, 0.29) is 16.9 Å². The summed E-state index contributed by atoms with van der Waals surface area (Å²) in [6.45, 7) is 1.60. The first-order valence-electron chi connectivity index (χ1n) is 5.17. The van der Waals surface area contributed by atoms with Crippen molar-refractivity contribution in [2.45, 2.75) is 13.1 Å². The minimum absolute atomic E-state index is 0.0259. The molecule has 8 heteroatoms. The molecule has 0 aliphatic heterocycles. The summed E-state index contributed by atoms with van der Waals surface area (Å²) in [5.74, 6) is 0.464. The molecule has 100 valence electrons. The van der Waals surface area contributed by atoms with Crippen molar-refractivity contribution in [1.29, 1.82) is 0 Å². The van der Waals surface area contributed by atoms with E-state index in [0.29, 0.717) is 5.82 Å². The van der Waals surface area contributed by atoms with Crippen molar-refractivity contribution in [1.82, 2.24) is 15.0 Å². The van der Waals surface area contributed by atoms with Crippen LogP contribution in [0.1, 0.15) is 11.4 Å². The second-order valence-corrected chi connectivity index (χ2v) is 4.02. The topological polar surface area (TPSA) is 50.7 Å². The maximum atomic E-state index is 12.5. The van der Waals surface area contributed by atoms with E-state index >= 15 is 0 Å². The van der Waals surface area contributed by atoms with E-state index in [4.69, 9.17) is 11.6 Å². The summed E-state index contributed by atoms with van der Waals surface area (Å²) >= 11 is 5.64. The Bertz CT molecular complexity index is 580. The Hall–Kier alpha value is -1.89. The molecule has 1 aromatic heterocycles. The Kier molecular flexibility index (Phi) is 3.57. The van der Waals surface area contributed by atoms with Crippen molar-refractivity contribution in [2.24, 2.45) is 0 Å². The Morgan fingerprint density at radius 3 is 2.53 bits per heavy atom. The fourth-order valence-corrected chi connectivity index (χ4v) is 1.61. The van der Waals surface area contributed by atoms with E-state index < -0.39 is 11.7 Å². The van der Waals surface area contributed by atoms with Gasteiger partial charge in [0.05, 0.1) is 5.56 Å². The molecule has 2 rings (SSSR count). The van der Waals surface area contributed by atoms with E-state index in [1.54, 1.807) is 6.92 Å². The molecular weight excluding hydrogens is 281 g/mol. The maximum Gasteiger partial charge on any atom is 0.416 e. The quantitative estimate of drug-likeness (QED) is 0.917. The van der Waals surface area contributed by atoms with Crippen molar-refractivity contribution in [3.05, 3.63) is 40.9 Å². The summed E-state index contributed by atoms with van der Waals surface area (Å²) in [5, 5.41) is 2.63. The lowest BCUT2D eigenvalue weighted by Gasteiger charge is -2.09. The summed E-state index contributed by atoms with van der Waals surface area (Å²) in [6, 6.07) is 4.72. The van der Waals surface area contributed by atoms with Gasteiger partial charge in [-0.1, -0.05) is 6.07 Å². The van der Waals surface area contributed by atoms with Gasteiger partial charge in [0.25, 0.3) is 0 Å². The van der Waals surface area contributed by atoms with Crippen LogP contribution in [0.4, 0.5) is 24.8 Å². The largest absolute Gasteiger partial charge is 0.416 e. The number of benzene rings is 1. The number of aromatic nitrogens is 3. The van der Waals surface area contributed by atoms with Crippen LogP contribution in [0.2, 0.25) is 5.28 Å². The number of hydrogen-bond acceptors (Lipinski definition) is 4. The first kappa shape index (κ1) is 13.5. The molecule has 4 nitrogen and oxygen atoms in total. The molecule has 0 unspecified atom stereocenters. The van der Waals surface area contributed by atoms with Crippen LogP contribution >= 0.6 is 11.6 Å². The number of nitrogens with one attached hydrogen (secondary N) is 1. The minimum atomic E-state index is -4.40. The first-order valence-corrected chi connectivity index (χ1v) is 5.55. The van der Waals surface area contributed by atoms with Crippen LogP contribution < -0.4 is 5.32 Å². The molecule has 1 heterocycles. The summed E-state index contributed by atoms with van der Waals surface area (Å²) in [6.07, 6.45) is -4.40. The average molecular weight is 289 g/mol. The number of halogens is 4. The smallest absolute Gasteiger partial charge is 0.324 e. The molecular formula is C11H8ClF3N4. The van der Waals surface area contributed by atoms with Crippen molar-refractivity contribution < 1.29 is 13.2 Å². The van der Waals surface area contributed by atoms with Crippen LogP contribution in [0, 0.1) is 6.92 Å². The third-order valence-corrected chi connectivity index (χ3v) is 2.33. The number of anilines is 2. The van der Waals surface area contributed by atoms with Crippen LogP contribution in [0.3, 0.4) is 0 Å². The Labute approximate surface area is 111 Å². The normalized spacial score (nSPS) is 11.4. The van der Waals surface area contributed by atoms with Gasteiger partial charge in [-0.15, -0.1) is 0 Å². The van der Waals surface area contributed by atoms with Crippen molar-refractivity contribution >= 4 is 23.2 Å². The van der Waals surface area contributed by atoms with E-state index in [9.17, 15) is 13.2 Å². The average Bonchev–Trinajstić information content (AvgIpc) is 2.26. The van der Waals surface area contributed by atoms with E-state index in [2.05, 4.69) is 20.3 Å². The summed E-state index contributed by atoms with van der Waals surface area (Å²) in [4.78, 5) is 11.5. The van der Waals surface area contributed by atoms with Gasteiger partial charge in [-0.05, 0) is 36.7 Å². The third-order valence-electron chi connectivity index (χ3n) is 2.17. The minimum Gasteiger partial charge on any atom is -0.324 e. The molecule has 0 radical (unpaired) electrons. The van der Waals surface area contributed by atoms with Gasteiger partial charge in [0.2, 0.25) is 11.2 Å². The molecule has 19 heavy (non-hydrogen) atoms. The second kappa shape index (κ2) is 5.00. The summed E-state index contributed by atoms with van der Waals surface area (Å²) in [7, 11) is 0. The van der Waals surface area contributed by atoms with Gasteiger partial charge in [0, 0.05) is 5.69 Å². The molecule has 0 saturated carbocycles. The van der Waals surface area contributed by atoms with Gasteiger partial charge in [-0.3, -0.25) is 0 Å². The molecule has 0 fully saturated rings. The highest BCUT2D eigenvalue weighted by Crippen LogP contribution is 2.31. The summed E-state index contributed by atoms with van der Waals surface area (Å²) < 4.78 is 37.6. The molecule has 0 spiro atoms. The maximum absolute atomic E-state index is 12.5. The van der Waals surface area contributed by atoms with Gasteiger partial charge < -0.3 is 5.32 Å². The van der Waals surface area contributed by atoms with Crippen LogP contribution in [0.5, 0.6) is 0 Å². The first-order chi connectivity index (χ1) is 8.84. The van der Waals surface area contributed by atoms with Gasteiger partial charge >= 0.3 is 6.18 Å². The predicted octanol–water partition coefficient (Wildman–Crippen LogP) is 3.60. The lowest BCUT2D eigenvalue weighted by molar-refractivity contribution is -0.137. The number of rotatable bonds is 2. The molecule has 0 aliphatic carbocycles. The molecule has 2 aromatic rings. The number of hydrogen-bond donors (Lipinski definition) is 1. The van der Waals surface area contributed by atoms with Crippen molar-refractivity contribution in [3.63, 3.8) is 0 Å². The summed E-state index contributed by atoms with van der Waals surface area (Å²) in [5.41, 5.74) is -0.536. The monoisotopic (exact) mass is 288 g/mol. The third kappa shape index (κ3) is 3.54. The van der Waals surface area contributed by atoms with Gasteiger partial charge in [0.15, 0.2) is 0 Å². The Morgan fingerprint density at radius 2 is 1.89 bits per heavy atom. The standard InChI is InChI=1S/C11H8ClF3N4/c1-6-16-9(12)19-10(17-6)18-8-4-2-3-7(5-8)11(13,14)15/h2-5H,1H3,(H,16,17,18,19). The van der Waals surface area contributed by atoms with Gasteiger partial charge in [-0.25, -0.2) is 4.98 Å². The van der Waals surface area contributed by atoms with Crippen LogP contribution in [0.25, 0.3) is 0 Å². The van der Waals surface area contributed by atoms with E-state index in [1.165, 1.54) is 12.1 Å². The molecule has 0 amide bonds. The highest BCUT2D eigenvalue weighted by atomic mass is 35.5. The number of nitrogens with zero attached hydrogens (tertiary/aromatic N) is 3. The highest BCUT2D eigenvalue weighted by Gasteiger charge is 2.30. The lowest BCUT2D eigenvalue weighted by atomic mass is 10.2. The molecule has 0 aliphatic rings. The predicted molar refractivity (Wildman–Crippen MR) is 64.3 cm³/mol. The zero-order chi connectivity index (χ0) is 14.0. The number of alkyl halides is 3. The molecule has 1 aromatic carbocycles. The molecule has 1 N–H and O–H groups in total. The fourth-order valence-electron chi connectivity index (χ4n) is 1.41. The second-order valence-electron chi connectivity index (χ2n) is 3.68. The molecule has 0 atom stereocenters. The van der Waals surface area contributed by atoms with Crippen LogP contribution in [-0.4, -0.2) is 15.0 Å². The zero-order valence-corrected chi connectivity index (χ0v) is 10.4.